The zero-order chi connectivity index (χ0) is 9.80. The molecule has 14 heavy (non-hydrogen) atoms. The largest absolute Gasteiger partial charge is 0.316 e. The Bertz CT molecular complexity index is 274. The van der Waals surface area contributed by atoms with Gasteiger partial charge in [0.15, 0.2) is 0 Å². The van der Waals surface area contributed by atoms with Gasteiger partial charge >= 0.3 is 0 Å². The highest BCUT2D eigenvalue weighted by atomic mass is 15.3. The lowest BCUT2D eigenvalue weighted by Gasteiger charge is -2.21. The molecule has 0 spiro atoms. The van der Waals surface area contributed by atoms with Crippen molar-refractivity contribution < 1.29 is 0 Å². The number of aryl methyl sites for hydroxylation is 1. The summed E-state index contributed by atoms with van der Waals surface area (Å²) >= 11 is 0. The lowest BCUT2D eigenvalue weighted by atomic mass is 9.95. The Balaban J connectivity index is 1.89. The van der Waals surface area contributed by atoms with E-state index in [1.54, 1.807) is 0 Å². The number of piperidine rings is 1. The lowest BCUT2D eigenvalue weighted by molar-refractivity contribution is 0.372. The van der Waals surface area contributed by atoms with Crippen LogP contribution in [-0.4, -0.2) is 22.9 Å². The number of nitrogens with zero attached hydrogens (tertiary/aromatic N) is 2. The first kappa shape index (κ1) is 9.71. The van der Waals surface area contributed by atoms with Crippen molar-refractivity contribution in [2.24, 2.45) is 5.92 Å². The molecule has 0 aliphatic carbocycles. The standard InChI is InChI=1S/C11H19N3/c1-2-14-7-5-11(13-14)8-10-4-3-6-12-9-10/h5,7,10,12H,2-4,6,8-9H2,1H3. The lowest BCUT2D eigenvalue weighted by Crippen LogP contribution is -2.30. The van der Waals surface area contributed by atoms with Gasteiger partial charge in [0.2, 0.25) is 0 Å². The van der Waals surface area contributed by atoms with E-state index in [9.17, 15) is 0 Å². The molecule has 78 valence electrons. The molecule has 0 bridgehead atoms. The van der Waals surface area contributed by atoms with Gasteiger partial charge in [-0.25, -0.2) is 0 Å². The molecule has 0 amide bonds. The van der Waals surface area contributed by atoms with Crippen molar-refractivity contribution in [3.63, 3.8) is 0 Å². The maximum Gasteiger partial charge on any atom is 0.0627 e. The Labute approximate surface area is 85.5 Å². The van der Waals surface area contributed by atoms with Crippen LogP contribution in [0.5, 0.6) is 0 Å². The summed E-state index contributed by atoms with van der Waals surface area (Å²) in [6.07, 6.45) is 5.89. The molecule has 0 radical (unpaired) electrons. The second kappa shape index (κ2) is 4.60. The summed E-state index contributed by atoms with van der Waals surface area (Å²) in [7, 11) is 0. The zero-order valence-corrected chi connectivity index (χ0v) is 8.87. The maximum atomic E-state index is 4.51. The molecular weight excluding hydrogens is 174 g/mol. The van der Waals surface area contributed by atoms with Gasteiger partial charge < -0.3 is 5.32 Å². The van der Waals surface area contributed by atoms with Gasteiger partial charge in [-0.1, -0.05) is 0 Å². The smallest absolute Gasteiger partial charge is 0.0627 e. The Kier molecular flexibility index (Phi) is 3.19. The topological polar surface area (TPSA) is 29.9 Å². The molecule has 3 heteroatoms. The predicted octanol–water partition coefficient (Wildman–Crippen LogP) is 1.45. The van der Waals surface area contributed by atoms with Gasteiger partial charge in [-0.15, -0.1) is 0 Å². The van der Waals surface area contributed by atoms with Crippen LogP contribution in [0.3, 0.4) is 0 Å². The SMILES string of the molecule is CCn1ccc(CC2CCCNC2)n1. The monoisotopic (exact) mass is 193 g/mol. The van der Waals surface area contributed by atoms with Gasteiger partial charge in [-0.3, -0.25) is 4.68 Å². The van der Waals surface area contributed by atoms with E-state index in [-0.39, 0.29) is 0 Å². The third-order valence-corrected chi connectivity index (χ3v) is 2.92. The normalized spacial score (nSPS) is 22.5. The summed E-state index contributed by atoms with van der Waals surface area (Å²) < 4.78 is 2.01. The molecule has 1 aromatic rings. The average Bonchev–Trinajstić information content (AvgIpc) is 2.67. The highest BCUT2D eigenvalue weighted by molar-refractivity contribution is 5.00. The van der Waals surface area contributed by atoms with Crippen molar-refractivity contribution in [3.8, 4) is 0 Å². The van der Waals surface area contributed by atoms with Crippen molar-refractivity contribution in [2.45, 2.75) is 32.7 Å². The van der Waals surface area contributed by atoms with Crippen LogP contribution in [0.2, 0.25) is 0 Å². The van der Waals surface area contributed by atoms with E-state index in [1.807, 2.05) is 4.68 Å². The summed E-state index contributed by atoms with van der Waals surface area (Å²) in [5, 5.41) is 7.95. The number of rotatable bonds is 3. The molecule has 1 aliphatic rings. The van der Waals surface area contributed by atoms with Crippen LogP contribution in [0.1, 0.15) is 25.5 Å². The van der Waals surface area contributed by atoms with Crippen LogP contribution >= 0.6 is 0 Å². The summed E-state index contributed by atoms with van der Waals surface area (Å²) in [5.41, 5.74) is 1.25. The van der Waals surface area contributed by atoms with Crippen LogP contribution in [-0.2, 0) is 13.0 Å². The minimum atomic E-state index is 0.795. The van der Waals surface area contributed by atoms with Gasteiger partial charge in [0.05, 0.1) is 5.69 Å². The first-order valence-electron chi connectivity index (χ1n) is 5.61. The van der Waals surface area contributed by atoms with Gasteiger partial charge in [-0.05, 0) is 51.3 Å². The minimum absolute atomic E-state index is 0.795. The van der Waals surface area contributed by atoms with Gasteiger partial charge in [0.25, 0.3) is 0 Å². The van der Waals surface area contributed by atoms with Crippen LogP contribution < -0.4 is 5.32 Å². The molecule has 1 N–H and O–H groups in total. The van der Waals surface area contributed by atoms with E-state index in [4.69, 9.17) is 0 Å². The molecule has 0 aromatic carbocycles. The number of hydrogen-bond acceptors (Lipinski definition) is 2. The Morgan fingerprint density at radius 2 is 2.57 bits per heavy atom. The molecular formula is C11H19N3. The Morgan fingerprint density at radius 1 is 1.64 bits per heavy atom. The van der Waals surface area contributed by atoms with E-state index in [0.717, 1.165) is 18.9 Å². The summed E-state index contributed by atoms with van der Waals surface area (Å²) in [4.78, 5) is 0. The van der Waals surface area contributed by atoms with Crippen molar-refractivity contribution in [3.05, 3.63) is 18.0 Å². The van der Waals surface area contributed by atoms with Crippen molar-refractivity contribution in [1.82, 2.24) is 15.1 Å². The fourth-order valence-corrected chi connectivity index (χ4v) is 2.08. The summed E-state index contributed by atoms with van der Waals surface area (Å²) in [6.45, 7) is 5.46. The maximum absolute atomic E-state index is 4.51. The molecule has 3 nitrogen and oxygen atoms in total. The van der Waals surface area contributed by atoms with Crippen molar-refractivity contribution in [1.29, 1.82) is 0 Å². The van der Waals surface area contributed by atoms with Crippen molar-refractivity contribution >= 4 is 0 Å². The third-order valence-electron chi connectivity index (χ3n) is 2.92. The summed E-state index contributed by atoms with van der Waals surface area (Å²) in [6, 6.07) is 2.15. The fraction of sp³-hybridized carbons (Fsp3) is 0.727. The van der Waals surface area contributed by atoms with Gasteiger partial charge in [0.1, 0.15) is 0 Å². The van der Waals surface area contributed by atoms with Gasteiger partial charge in [-0.2, -0.15) is 5.10 Å². The summed E-state index contributed by atoms with van der Waals surface area (Å²) in [5.74, 6) is 0.795. The first-order chi connectivity index (χ1) is 6.88. The molecule has 0 saturated carbocycles. The fourth-order valence-electron chi connectivity index (χ4n) is 2.08. The zero-order valence-electron chi connectivity index (χ0n) is 8.87. The molecule has 1 fully saturated rings. The van der Waals surface area contributed by atoms with Crippen molar-refractivity contribution in [2.75, 3.05) is 13.1 Å². The molecule has 1 aromatic heterocycles. The molecule has 2 heterocycles. The molecule has 1 saturated heterocycles. The third kappa shape index (κ3) is 2.35. The second-order valence-electron chi connectivity index (χ2n) is 4.08. The number of hydrogen-bond donors (Lipinski definition) is 1. The van der Waals surface area contributed by atoms with Crippen LogP contribution in [0.15, 0.2) is 12.3 Å². The van der Waals surface area contributed by atoms with E-state index < -0.39 is 0 Å². The molecule has 1 atom stereocenters. The molecule has 2 rings (SSSR count). The van der Waals surface area contributed by atoms with Gasteiger partial charge in [0, 0.05) is 12.7 Å². The van der Waals surface area contributed by atoms with E-state index in [0.29, 0.717) is 0 Å². The highest BCUT2D eigenvalue weighted by Crippen LogP contribution is 2.14. The van der Waals surface area contributed by atoms with Crippen LogP contribution in [0, 0.1) is 5.92 Å². The van der Waals surface area contributed by atoms with Crippen LogP contribution in [0.4, 0.5) is 0 Å². The highest BCUT2D eigenvalue weighted by Gasteiger charge is 2.14. The molecule has 1 unspecified atom stereocenters. The number of nitrogens with one attached hydrogen (secondary N) is 1. The first-order valence-corrected chi connectivity index (χ1v) is 5.61. The Hall–Kier alpha value is -0.830. The van der Waals surface area contributed by atoms with Crippen LogP contribution in [0.25, 0.3) is 0 Å². The molecule has 1 aliphatic heterocycles. The predicted molar refractivity (Wildman–Crippen MR) is 57.2 cm³/mol. The second-order valence-corrected chi connectivity index (χ2v) is 4.08. The number of aromatic nitrogens is 2. The van der Waals surface area contributed by atoms with E-state index in [1.165, 1.54) is 31.6 Å². The average molecular weight is 193 g/mol. The quantitative estimate of drug-likeness (QED) is 0.787. The Morgan fingerprint density at radius 3 is 3.21 bits per heavy atom. The minimum Gasteiger partial charge on any atom is -0.316 e. The van der Waals surface area contributed by atoms with E-state index >= 15 is 0 Å². The van der Waals surface area contributed by atoms with E-state index in [2.05, 4.69) is 29.6 Å².